The zero-order chi connectivity index (χ0) is 30.4. The maximum atomic E-state index is 11.8. The summed E-state index contributed by atoms with van der Waals surface area (Å²) in [4.78, 5) is 32.6. The summed E-state index contributed by atoms with van der Waals surface area (Å²) >= 11 is 0. The van der Waals surface area contributed by atoms with Crippen molar-refractivity contribution in [3.05, 3.63) is 91.0 Å². The molecule has 38 heavy (non-hydrogen) atoms. The molecule has 0 aliphatic heterocycles. The molecule has 1 rings (SSSR count). The minimum Gasteiger partial charge on any atom is -0.405 e. The van der Waals surface area contributed by atoms with E-state index in [1.54, 1.807) is 25.2 Å². The van der Waals surface area contributed by atoms with Gasteiger partial charge in [-0.15, -0.1) is 12.8 Å². The number of unbranched alkanes of at least 4 members (excludes halogenated alkanes) is 1. The number of carbonyl (C=O) groups is 3. The van der Waals surface area contributed by atoms with Gasteiger partial charge in [0.2, 0.25) is 0 Å². The van der Waals surface area contributed by atoms with E-state index in [1.807, 2.05) is 57.9 Å². The minimum absolute atomic E-state index is 0.127. The monoisotopic (exact) mass is 524 g/mol. The Morgan fingerprint density at radius 3 is 2.05 bits per heavy atom. The van der Waals surface area contributed by atoms with Gasteiger partial charge in [-0.25, -0.2) is 4.79 Å². The van der Waals surface area contributed by atoms with Crippen molar-refractivity contribution in [2.75, 3.05) is 11.9 Å². The highest BCUT2D eigenvalue weighted by Crippen LogP contribution is 2.11. The van der Waals surface area contributed by atoms with E-state index in [4.69, 9.17) is 10.5 Å². The molecule has 0 saturated heterocycles. The average molecular weight is 525 g/mol. The van der Waals surface area contributed by atoms with Gasteiger partial charge in [-0.2, -0.15) is 0 Å². The van der Waals surface area contributed by atoms with Gasteiger partial charge < -0.3 is 21.2 Å². The summed E-state index contributed by atoms with van der Waals surface area (Å²) in [7, 11) is 0. The van der Waals surface area contributed by atoms with Gasteiger partial charge in [0, 0.05) is 29.7 Å². The lowest BCUT2D eigenvalue weighted by Gasteiger charge is -2.18. The second kappa shape index (κ2) is 30.7. The molecule has 0 saturated carbocycles. The van der Waals surface area contributed by atoms with Gasteiger partial charge in [0.05, 0.1) is 0 Å². The maximum absolute atomic E-state index is 11.8. The number of benzene rings is 1. The van der Waals surface area contributed by atoms with Crippen LogP contribution in [0.5, 0.6) is 0 Å². The summed E-state index contributed by atoms with van der Waals surface area (Å²) in [6, 6.07) is 7.79. The van der Waals surface area contributed by atoms with Crippen molar-refractivity contribution in [3.63, 3.8) is 0 Å². The van der Waals surface area contributed by atoms with Crippen molar-refractivity contribution in [2.45, 2.75) is 60.8 Å². The second-order valence-electron chi connectivity index (χ2n) is 6.90. The van der Waals surface area contributed by atoms with Crippen LogP contribution in [-0.4, -0.2) is 30.2 Å². The number of terminal acetylenes is 1. The van der Waals surface area contributed by atoms with Crippen molar-refractivity contribution >= 4 is 24.4 Å². The Morgan fingerprint density at radius 2 is 1.66 bits per heavy atom. The van der Waals surface area contributed by atoms with E-state index in [9.17, 15) is 9.59 Å². The Kier molecular flexibility index (Phi) is 33.0. The third-order valence-electron chi connectivity index (χ3n) is 4.20. The van der Waals surface area contributed by atoms with Crippen LogP contribution < -0.4 is 16.4 Å². The Hall–Kier alpha value is -4.31. The number of allylic oxidation sites excluding steroid dienone is 4. The molecule has 210 valence electrons. The van der Waals surface area contributed by atoms with Crippen LogP contribution in [0.1, 0.15) is 59.9 Å². The molecular formula is C31H48N4O3. The van der Waals surface area contributed by atoms with Crippen molar-refractivity contribution in [1.29, 1.82) is 0 Å². The number of aryl methyl sites for hydroxylation is 1. The summed E-state index contributed by atoms with van der Waals surface area (Å²) in [6.07, 6.45) is 21.0. The van der Waals surface area contributed by atoms with Crippen LogP contribution in [0.25, 0.3) is 0 Å². The fourth-order valence-corrected chi connectivity index (χ4v) is 2.43. The van der Waals surface area contributed by atoms with Gasteiger partial charge >= 0.3 is 6.03 Å². The number of hydrogen-bond donors (Lipinski definition) is 3. The van der Waals surface area contributed by atoms with Gasteiger partial charge in [-0.05, 0) is 68.8 Å². The van der Waals surface area contributed by atoms with Crippen LogP contribution in [0.2, 0.25) is 0 Å². The molecule has 0 aliphatic rings. The molecule has 7 heteroatoms. The van der Waals surface area contributed by atoms with Crippen molar-refractivity contribution in [1.82, 2.24) is 10.2 Å². The fourth-order valence-electron chi connectivity index (χ4n) is 2.43. The zero-order valence-electron chi connectivity index (χ0n) is 24.1. The first-order chi connectivity index (χ1) is 18.3. The Labute approximate surface area is 231 Å². The average Bonchev–Trinajstić information content (AvgIpc) is 2.96. The number of nitrogens with zero attached hydrogens (tertiary/aromatic N) is 1. The molecule has 3 amide bonds. The first kappa shape index (κ1) is 40.8. The molecule has 0 spiro atoms. The Morgan fingerprint density at radius 1 is 1.11 bits per heavy atom. The largest absolute Gasteiger partial charge is 0.405 e. The number of rotatable bonds is 10. The van der Waals surface area contributed by atoms with E-state index >= 15 is 0 Å². The first-order valence-electron chi connectivity index (χ1n) is 12.4. The van der Waals surface area contributed by atoms with Gasteiger partial charge in [-0.1, -0.05) is 65.5 Å². The Bertz CT molecular complexity index is 882. The lowest BCUT2D eigenvalue weighted by atomic mass is 10.1. The van der Waals surface area contributed by atoms with E-state index in [0.29, 0.717) is 11.3 Å². The smallest absolute Gasteiger partial charge is 0.319 e. The van der Waals surface area contributed by atoms with Crippen LogP contribution in [0.3, 0.4) is 0 Å². The van der Waals surface area contributed by atoms with Crippen LogP contribution in [0.15, 0.2) is 85.4 Å². The predicted molar refractivity (Wildman–Crippen MR) is 164 cm³/mol. The van der Waals surface area contributed by atoms with Gasteiger partial charge in [0.25, 0.3) is 5.91 Å². The summed E-state index contributed by atoms with van der Waals surface area (Å²) < 4.78 is 0. The van der Waals surface area contributed by atoms with Crippen LogP contribution in [0.4, 0.5) is 10.5 Å². The number of nitrogens with one attached hydrogen (secondary N) is 2. The summed E-state index contributed by atoms with van der Waals surface area (Å²) in [6.45, 7) is 21.7. The molecule has 0 aliphatic carbocycles. The summed E-state index contributed by atoms with van der Waals surface area (Å²) in [5.74, 6) is -0.190. The van der Waals surface area contributed by atoms with Crippen LogP contribution in [-0.2, 0) is 16.0 Å². The molecule has 1 aromatic carbocycles. The number of urea groups is 1. The quantitative estimate of drug-likeness (QED) is 0.137. The van der Waals surface area contributed by atoms with Crippen LogP contribution >= 0.6 is 0 Å². The SMILES string of the molecule is C#C.C=CN(C(=O)C(=C)C)C(/C=C\C)=C/C=C/N.C=O.CC.CCCCNC(=O)Nc1ccc(CC)cc1. The number of nitrogens with two attached hydrogens (primary N) is 1. The standard InChI is InChI=1S/C13H20N2O.C13H18N2O.C2H6.C2H2.CH2O/c1-3-5-10-14-13(16)15-12-8-6-11(4-2)7-9-12;1-5-8-12(9-7-10-14)15(6-2)13(16)11(3)4;3*1-2/h6-9H,3-5,10H2,1-2H3,(H2,14,15,16);5-10H,2-3,14H2,1,4H3;1-2H3;1-2H;1H2/b;8-5-,10-7+,12-9+;;;. The second-order valence-corrected chi connectivity index (χ2v) is 6.90. The predicted octanol–water partition coefficient (Wildman–Crippen LogP) is 6.73. The third kappa shape index (κ3) is 21.0. The molecule has 0 atom stereocenters. The van der Waals surface area contributed by atoms with E-state index in [2.05, 4.69) is 50.5 Å². The topological polar surface area (TPSA) is 105 Å². The van der Waals surface area contributed by atoms with E-state index in [0.717, 1.165) is 31.5 Å². The lowest BCUT2D eigenvalue weighted by Crippen LogP contribution is -2.29. The number of amides is 3. The summed E-state index contributed by atoms with van der Waals surface area (Å²) in [5, 5.41) is 5.61. The van der Waals surface area contributed by atoms with E-state index < -0.39 is 0 Å². The normalized spacial score (nSPS) is 9.53. The molecule has 4 N–H and O–H groups in total. The molecular weight excluding hydrogens is 476 g/mol. The minimum atomic E-state index is -0.190. The highest BCUT2D eigenvalue weighted by atomic mass is 16.2. The fraction of sp³-hybridized carbons (Fsp3) is 0.323. The zero-order valence-corrected chi connectivity index (χ0v) is 24.1. The lowest BCUT2D eigenvalue weighted by molar-refractivity contribution is -0.122. The number of carbonyl (C=O) groups excluding carboxylic acids is 3. The maximum Gasteiger partial charge on any atom is 0.319 e. The van der Waals surface area contributed by atoms with Crippen molar-refractivity contribution < 1.29 is 14.4 Å². The number of anilines is 1. The molecule has 0 aromatic heterocycles. The highest BCUT2D eigenvalue weighted by molar-refractivity contribution is 5.94. The van der Waals surface area contributed by atoms with Gasteiger partial charge in [-0.3, -0.25) is 9.69 Å². The molecule has 1 aromatic rings. The van der Waals surface area contributed by atoms with Crippen molar-refractivity contribution in [3.8, 4) is 12.8 Å². The molecule has 0 fully saturated rings. The molecule has 0 radical (unpaired) electrons. The summed E-state index contributed by atoms with van der Waals surface area (Å²) in [5.41, 5.74) is 8.51. The first-order valence-corrected chi connectivity index (χ1v) is 12.4. The molecule has 7 nitrogen and oxygen atoms in total. The third-order valence-corrected chi connectivity index (χ3v) is 4.20. The van der Waals surface area contributed by atoms with Gasteiger partial charge in [0.15, 0.2) is 0 Å². The highest BCUT2D eigenvalue weighted by Gasteiger charge is 2.13. The van der Waals surface area contributed by atoms with Crippen LogP contribution in [0, 0.1) is 12.8 Å². The molecule has 0 heterocycles. The Balaban J connectivity index is -0.000000254. The molecule has 0 unspecified atom stereocenters. The van der Waals surface area contributed by atoms with Gasteiger partial charge in [0.1, 0.15) is 6.79 Å². The van der Waals surface area contributed by atoms with E-state index in [1.165, 1.54) is 22.9 Å². The van der Waals surface area contributed by atoms with E-state index in [-0.39, 0.29) is 11.9 Å². The van der Waals surface area contributed by atoms with Crippen molar-refractivity contribution in [2.24, 2.45) is 5.73 Å². The number of hydrogen-bond acceptors (Lipinski definition) is 4. The molecule has 0 bridgehead atoms.